The highest BCUT2D eigenvalue weighted by molar-refractivity contribution is 4.88. The topological polar surface area (TPSA) is 21.3 Å². The second kappa shape index (κ2) is 6.19. The van der Waals surface area contributed by atoms with E-state index in [1.807, 2.05) is 0 Å². The van der Waals surface area contributed by atoms with Gasteiger partial charge >= 0.3 is 0 Å². The lowest BCUT2D eigenvalue weighted by Crippen LogP contribution is -2.48. The van der Waals surface area contributed by atoms with Gasteiger partial charge in [0, 0.05) is 12.6 Å². The Labute approximate surface area is 107 Å². The molecule has 2 aliphatic rings. The van der Waals surface area contributed by atoms with Crippen molar-refractivity contribution in [1.82, 2.24) is 5.32 Å². The summed E-state index contributed by atoms with van der Waals surface area (Å²) in [5, 5.41) is 3.47. The Morgan fingerprint density at radius 1 is 1.12 bits per heavy atom. The summed E-state index contributed by atoms with van der Waals surface area (Å²) in [4.78, 5) is 0. The Morgan fingerprint density at radius 2 is 1.82 bits per heavy atom. The first-order chi connectivity index (χ1) is 8.20. The van der Waals surface area contributed by atoms with Crippen LogP contribution in [0.3, 0.4) is 0 Å². The first kappa shape index (κ1) is 13.4. The Kier molecular flexibility index (Phi) is 4.87. The second-order valence-corrected chi connectivity index (χ2v) is 6.40. The van der Waals surface area contributed by atoms with Crippen molar-refractivity contribution >= 4 is 0 Å². The third kappa shape index (κ3) is 3.45. The number of hydrogen-bond donors (Lipinski definition) is 1. The predicted octanol–water partition coefficient (Wildman–Crippen LogP) is 3.22. The Hall–Kier alpha value is -0.0800. The summed E-state index contributed by atoms with van der Waals surface area (Å²) < 4.78 is 6.27. The van der Waals surface area contributed by atoms with Crippen LogP contribution in [0.25, 0.3) is 0 Å². The van der Waals surface area contributed by atoms with Gasteiger partial charge in [0.2, 0.25) is 0 Å². The molecule has 0 aromatic carbocycles. The number of ether oxygens (including phenoxy) is 1. The van der Waals surface area contributed by atoms with Gasteiger partial charge in [-0.15, -0.1) is 0 Å². The van der Waals surface area contributed by atoms with Gasteiger partial charge in [0.05, 0.1) is 6.10 Å². The zero-order valence-corrected chi connectivity index (χ0v) is 11.7. The number of likely N-dealkylation sites (N-methyl/N-ethyl adjacent to an activating group) is 1. The molecule has 0 heterocycles. The van der Waals surface area contributed by atoms with Crippen molar-refractivity contribution < 1.29 is 4.74 Å². The maximum Gasteiger partial charge on any atom is 0.0753 e. The van der Waals surface area contributed by atoms with Crippen molar-refractivity contribution in [2.45, 2.75) is 64.5 Å². The second-order valence-electron chi connectivity index (χ2n) is 6.40. The van der Waals surface area contributed by atoms with E-state index in [4.69, 9.17) is 4.74 Å². The quantitative estimate of drug-likeness (QED) is 0.813. The molecule has 0 spiro atoms. The van der Waals surface area contributed by atoms with Crippen LogP contribution >= 0.6 is 0 Å². The predicted molar refractivity (Wildman–Crippen MR) is 72.1 cm³/mol. The minimum Gasteiger partial charge on any atom is -0.376 e. The van der Waals surface area contributed by atoms with Gasteiger partial charge in [-0.05, 0) is 50.5 Å². The van der Waals surface area contributed by atoms with E-state index in [0.29, 0.717) is 18.1 Å². The molecule has 2 fully saturated rings. The van der Waals surface area contributed by atoms with Gasteiger partial charge in [0.25, 0.3) is 0 Å². The van der Waals surface area contributed by atoms with Crippen LogP contribution in [0.15, 0.2) is 0 Å². The van der Waals surface area contributed by atoms with Crippen molar-refractivity contribution in [3.05, 3.63) is 0 Å². The van der Waals surface area contributed by atoms with Gasteiger partial charge in [0.15, 0.2) is 0 Å². The Balaban J connectivity index is 1.83. The zero-order valence-electron chi connectivity index (χ0n) is 11.7. The van der Waals surface area contributed by atoms with Crippen LogP contribution in [0, 0.1) is 17.8 Å². The van der Waals surface area contributed by atoms with Gasteiger partial charge in [-0.1, -0.05) is 26.7 Å². The monoisotopic (exact) mass is 239 g/mol. The van der Waals surface area contributed by atoms with Crippen molar-refractivity contribution in [2.75, 3.05) is 13.7 Å². The van der Waals surface area contributed by atoms with Crippen LogP contribution in [-0.4, -0.2) is 25.8 Å². The van der Waals surface area contributed by atoms with E-state index >= 15 is 0 Å². The number of nitrogens with one attached hydrogen (secondary N) is 1. The average Bonchev–Trinajstić information content (AvgIpc) is 2.79. The van der Waals surface area contributed by atoms with E-state index < -0.39 is 0 Å². The zero-order chi connectivity index (χ0) is 12.3. The smallest absolute Gasteiger partial charge is 0.0753 e. The molecule has 0 aromatic heterocycles. The van der Waals surface area contributed by atoms with E-state index in [9.17, 15) is 0 Å². The van der Waals surface area contributed by atoms with Crippen molar-refractivity contribution in [2.24, 2.45) is 17.8 Å². The summed E-state index contributed by atoms with van der Waals surface area (Å²) in [6, 6.07) is 0.565. The fourth-order valence-corrected chi connectivity index (χ4v) is 3.82. The molecule has 0 amide bonds. The highest BCUT2D eigenvalue weighted by Crippen LogP contribution is 2.32. The molecule has 2 heteroatoms. The lowest BCUT2D eigenvalue weighted by molar-refractivity contribution is -0.0486. The molecule has 0 aromatic rings. The van der Waals surface area contributed by atoms with Gasteiger partial charge in [-0.25, -0.2) is 0 Å². The largest absolute Gasteiger partial charge is 0.376 e. The molecule has 0 aliphatic heterocycles. The molecule has 0 saturated heterocycles. The fourth-order valence-electron chi connectivity index (χ4n) is 3.82. The maximum atomic E-state index is 6.27. The lowest BCUT2D eigenvalue weighted by Gasteiger charge is -2.39. The third-order valence-electron chi connectivity index (χ3n) is 4.76. The SMILES string of the molecule is CNC1CC(C)CC(C)C1OCC1CCCC1. The highest BCUT2D eigenvalue weighted by atomic mass is 16.5. The first-order valence-electron chi connectivity index (χ1n) is 7.49. The number of hydrogen-bond acceptors (Lipinski definition) is 2. The standard InChI is InChI=1S/C15H29NO/c1-11-8-12(2)15(14(9-11)16-3)17-10-13-6-4-5-7-13/h11-16H,4-10H2,1-3H3. The van der Waals surface area contributed by atoms with E-state index in [0.717, 1.165) is 18.4 Å². The summed E-state index contributed by atoms with van der Waals surface area (Å²) in [6.45, 7) is 5.73. The van der Waals surface area contributed by atoms with Crippen LogP contribution in [0.5, 0.6) is 0 Å². The van der Waals surface area contributed by atoms with Crippen LogP contribution in [0.2, 0.25) is 0 Å². The average molecular weight is 239 g/mol. The summed E-state index contributed by atoms with van der Waals surface area (Å²) in [7, 11) is 2.08. The summed E-state index contributed by atoms with van der Waals surface area (Å²) in [6.07, 6.45) is 8.66. The van der Waals surface area contributed by atoms with Crippen LogP contribution in [0.4, 0.5) is 0 Å². The van der Waals surface area contributed by atoms with Gasteiger partial charge in [0.1, 0.15) is 0 Å². The van der Waals surface area contributed by atoms with Crippen LogP contribution < -0.4 is 5.32 Å². The number of rotatable bonds is 4. The fraction of sp³-hybridized carbons (Fsp3) is 1.00. The summed E-state index contributed by atoms with van der Waals surface area (Å²) >= 11 is 0. The van der Waals surface area contributed by atoms with Gasteiger partial charge < -0.3 is 10.1 Å². The van der Waals surface area contributed by atoms with Gasteiger partial charge in [-0.3, -0.25) is 0 Å². The molecule has 0 radical (unpaired) electrons. The molecule has 1 N–H and O–H groups in total. The van der Waals surface area contributed by atoms with Crippen molar-refractivity contribution in [3.8, 4) is 0 Å². The van der Waals surface area contributed by atoms with Crippen molar-refractivity contribution in [3.63, 3.8) is 0 Å². The molecule has 4 atom stereocenters. The van der Waals surface area contributed by atoms with E-state index in [1.165, 1.54) is 38.5 Å². The third-order valence-corrected chi connectivity index (χ3v) is 4.76. The molecule has 17 heavy (non-hydrogen) atoms. The lowest BCUT2D eigenvalue weighted by atomic mass is 9.78. The highest BCUT2D eigenvalue weighted by Gasteiger charge is 2.34. The normalized spacial score (nSPS) is 39.7. The molecule has 100 valence electrons. The molecule has 0 bridgehead atoms. The molecule has 2 nitrogen and oxygen atoms in total. The van der Waals surface area contributed by atoms with E-state index in [1.54, 1.807) is 0 Å². The van der Waals surface area contributed by atoms with Crippen LogP contribution in [0.1, 0.15) is 52.4 Å². The first-order valence-corrected chi connectivity index (χ1v) is 7.49. The summed E-state index contributed by atoms with van der Waals surface area (Å²) in [5.74, 6) is 2.39. The minimum absolute atomic E-state index is 0.441. The van der Waals surface area contributed by atoms with Crippen LogP contribution in [-0.2, 0) is 4.74 Å². The molecule has 2 aliphatic carbocycles. The molecule has 4 unspecified atom stereocenters. The van der Waals surface area contributed by atoms with Crippen molar-refractivity contribution in [1.29, 1.82) is 0 Å². The van der Waals surface area contributed by atoms with Gasteiger partial charge in [-0.2, -0.15) is 0 Å². The molecular weight excluding hydrogens is 210 g/mol. The Morgan fingerprint density at radius 3 is 2.47 bits per heavy atom. The maximum absolute atomic E-state index is 6.27. The van der Waals surface area contributed by atoms with E-state index in [2.05, 4.69) is 26.2 Å². The molecule has 2 saturated carbocycles. The van der Waals surface area contributed by atoms with E-state index in [-0.39, 0.29) is 0 Å². The Bertz CT molecular complexity index is 225. The molecule has 2 rings (SSSR count). The minimum atomic E-state index is 0.441. The summed E-state index contributed by atoms with van der Waals surface area (Å²) in [5.41, 5.74) is 0. The molecular formula is C15H29NO.